The van der Waals surface area contributed by atoms with Crippen LogP contribution in [0.2, 0.25) is 0 Å². The minimum atomic E-state index is 0.305. The Morgan fingerprint density at radius 2 is 2.33 bits per heavy atom. The van der Waals surface area contributed by atoms with Gasteiger partial charge < -0.3 is 11.5 Å². The Morgan fingerprint density at radius 1 is 1.50 bits per heavy atom. The normalized spacial score (nSPS) is 21.9. The van der Waals surface area contributed by atoms with Gasteiger partial charge in [0.25, 0.3) is 0 Å². The number of nitrogen functional groups attached to an aromatic ring is 1. The topological polar surface area (TPSA) is 64.9 Å². The second kappa shape index (κ2) is 2.75. The van der Waals surface area contributed by atoms with E-state index in [1.165, 1.54) is 11.1 Å². The molecule has 1 heterocycles. The molecule has 0 saturated carbocycles. The Labute approximate surface area is 71.8 Å². The molecule has 0 aliphatic heterocycles. The Kier molecular flexibility index (Phi) is 1.73. The molecule has 1 aliphatic rings. The average Bonchev–Trinajstić information content (AvgIpc) is 2.04. The SMILES string of the molecule is Nc1nccc2c1CCC(N)C2. The van der Waals surface area contributed by atoms with E-state index in [9.17, 15) is 0 Å². The largest absolute Gasteiger partial charge is 0.383 e. The quantitative estimate of drug-likeness (QED) is 0.584. The van der Waals surface area contributed by atoms with Gasteiger partial charge in [-0.15, -0.1) is 0 Å². The van der Waals surface area contributed by atoms with Gasteiger partial charge in [0, 0.05) is 12.2 Å². The second-order valence-corrected chi connectivity index (χ2v) is 3.34. The van der Waals surface area contributed by atoms with Gasteiger partial charge in [0.15, 0.2) is 0 Å². The molecule has 0 spiro atoms. The molecule has 1 aromatic rings. The third-order valence-corrected chi connectivity index (χ3v) is 2.43. The van der Waals surface area contributed by atoms with E-state index >= 15 is 0 Å². The lowest BCUT2D eigenvalue weighted by atomic mass is 9.89. The van der Waals surface area contributed by atoms with Gasteiger partial charge in [-0.05, 0) is 36.5 Å². The average molecular weight is 163 g/mol. The van der Waals surface area contributed by atoms with Crippen molar-refractivity contribution in [1.29, 1.82) is 0 Å². The lowest BCUT2D eigenvalue weighted by Gasteiger charge is -2.21. The molecule has 3 nitrogen and oxygen atoms in total. The molecule has 0 amide bonds. The van der Waals surface area contributed by atoms with E-state index in [0.717, 1.165) is 19.3 Å². The summed E-state index contributed by atoms with van der Waals surface area (Å²) in [6.07, 6.45) is 4.72. The van der Waals surface area contributed by atoms with Crippen LogP contribution in [-0.4, -0.2) is 11.0 Å². The number of rotatable bonds is 0. The third-order valence-electron chi connectivity index (χ3n) is 2.43. The van der Waals surface area contributed by atoms with Crippen LogP contribution in [0.5, 0.6) is 0 Å². The number of fused-ring (bicyclic) bond motifs is 1. The van der Waals surface area contributed by atoms with Crippen LogP contribution in [0.3, 0.4) is 0 Å². The van der Waals surface area contributed by atoms with Crippen LogP contribution in [0.4, 0.5) is 5.82 Å². The highest BCUT2D eigenvalue weighted by molar-refractivity contribution is 5.45. The van der Waals surface area contributed by atoms with E-state index in [0.29, 0.717) is 11.9 Å². The van der Waals surface area contributed by atoms with E-state index in [1.54, 1.807) is 6.20 Å². The fourth-order valence-electron chi connectivity index (χ4n) is 1.74. The Hall–Kier alpha value is -1.09. The van der Waals surface area contributed by atoms with Gasteiger partial charge >= 0.3 is 0 Å². The summed E-state index contributed by atoms with van der Waals surface area (Å²) in [6, 6.07) is 2.32. The monoisotopic (exact) mass is 163 g/mol. The number of hydrogen-bond donors (Lipinski definition) is 2. The standard InChI is InChI=1S/C9H13N3/c10-7-1-2-8-6(5-7)3-4-12-9(8)11/h3-4,7H,1-2,5,10H2,(H2,11,12). The zero-order chi connectivity index (χ0) is 8.55. The summed E-state index contributed by atoms with van der Waals surface area (Å²) in [4.78, 5) is 4.05. The summed E-state index contributed by atoms with van der Waals surface area (Å²) in [5, 5.41) is 0. The van der Waals surface area contributed by atoms with Crippen molar-refractivity contribution in [1.82, 2.24) is 4.98 Å². The molecule has 0 radical (unpaired) electrons. The molecule has 12 heavy (non-hydrogen) atoms. The zero-order valence-corrected chi connectivity index (χ0v) is 6.96. The molecule has 0 fully saturated rings. The molecule has 3 heteroatoms. The van der Waals surface area contributed by atoms with Crippen molar-refractivity contribution in [2.24, 2.45) is 5.73 Å². The maximum atomic E-state index is 5.84. The summed E-state index contributed by atoms with van der Waals surface area (Å²) in [7, 11) is 0. The highest BCUT2D eigenvalue weighted by Gasteiger charge is 2.17. The molecule has 1 unspecified atom stereocenters. The number of pyridine rings is 1. The van der Waals surface area contributed by atoms with Gasteiger partial charge in [-0.1, -0.05) is 0 Å². The zero-order valence-electron chi connectivity index (χ0n) is 6.96. The molecule has 0 bridgehead atoms. The minimum Gasteiger partial charge on any atom is -0.383 e. The molecular formula is C9H13N3. The van der Waals surface area contributed by atoms with Crippen LogP contribution in [-0.2, 0) is 12.8 Å². The minimum absolute atomic E-state index is 0.305. The van der Waals surface area contributed by atoms with Crippen LogP contribution in [0.15, 0.2) is 12.3 Å². The highest BCUT2D eigenvalue weighted by atomic mass is 14.8. The first-order valence-electron chi connectivity index (χ1n) is 4.25. The first-order chi connectivity index (χ1) is 5.77. The van der Waals surface area contributed by atoms with E-state index in [-0.39, 0.29) is 0 Å². The summed E-state index contributed by atoms with van der Waals surface area (Å²) in [5.74, 6) is 0.680. The lowest BCUT2D eigenvalue weighted by molar-refractivity contribution is 0.576. The first-order valence-corrected chi connectivity index (χ1v) is 4.25. The molecule has 0 saturated heterocycles. The predicted octanol–water partition coefficient (Wildman–Crippen LogP) is 0.480. The van der Waals surface area contributed by atoms with E-state index in [4.69, 9.17) is 11.5 Å². The second-order valence-electron chi connectivity index (χ2n) is 3.34. The molecule has 1 aromatic heterocycles. The molecular weight excluding hydrogens is 150 g/mol. The van der Waals surface area contributed by atoms with Gasteiger partial charge in [0.2, 0.25) is 0 Å². The summed E-state index contributed by atoms with van der Waals surface area (Å²) < 4.78 is 0. The van der Waals surface area contributed by atoms with Gasteiger partial charge in [-0.25, -0.2) is 4.98 Å². The summed E-state index contributed by atoms with van der Waals surface area (Å²) in [6.45, 7) is 0. The first kappa shape index (κ1) is 7.55. The molecule has 2 rings (SSSR count). The van der Waals surface area contributed by atoms with E-state index in [2.05, 4.69) is 4.98 Å². The van der Waals surface area contributed by atoms with Crippen LogP contribution < -0.4 is 11.5 Å². The molecule has 0 aromatic carbocycles. The van der Waals surface area contributed by atoms with Crippen molar-refractivity contribution in [3.63, 3.8) is 0 Å². The van der Waals surface area contributed by atoms with Crippen molar-refractivity contribution in [2.45, 2.75) is 25.3 Å². The van der Waals surface area contributed by atoms with Crippen LogP contribution >= 0.6 is 0 Å². The van der Waals surface area contributed by atoms with Crippen molar-refractivity contribution in [3.8, 4) is 0 Å². The molecule has 1 atom stereocenters. The van der Waals surface area contributed by atoms with Crippen molar-refractivity contribution in [3.05, 3.63) is 23.4 Å². The number of hydrogen-bond acceptors (Lipinski definition) is 3. The van der Waals surface area contributed by atoms with Gasteiger partial charge in [0.05, 0.1) is 0 Å². The number of anilines is 1. The molecule has 64 valence electrons. The van der Waals surface area contributed by atoms with Crippen LogP contribution in [0.1, 0.15) is 17.5 Å². The number of nitrogens with two attached hydrogens (primary N) is 2. The van der Waals surface area contributed by atoms with Crippen molar-refractivity contribution >= 4 is 5.82 Å². The van der Waals surface area contributed by atoms with E-state index in [1.807, 2.05) is 6.07 Å². The van der Waals surface area contributed by atoms with Crippen molar-refractivity contribution < 1.29 is 0 Å². The lowest BCUT2D eigenvalue weighted by Crippen LogP contribution is -2.28. The molecule has 4 N–H and O–H groups in total. The Morgan fingerprint density at radius 3 is 3.17 bits per heavy atom. The maximum Gasteiger partial charge on any atom is 0.126 e. The fourth-order valence-corrected chi connectivity index (χ4v) is 1.74. The number of aromatic nitrogens is 1. The third kappa shape index (κ3) is 1.16. The summed E-state index contributed by atoms with van der Waals surface area (Å²) >= 11 is 0. The Bertz CT molecular complexity index is 296. The summed E-state index contributed by atoms with van der Waals surface area (Å²) in [5.41, 5.74) is 14.1. The maximum absolute atomic E-state index is 5.84. The fraction of sp³-hybridized carbons (Fsp3) is 0.444. The Balaban J connectivity index is 2.42. The van der Waals surface area contributed by atoms with Crippen molar-refractivity contribution in [2.75, 3.05) is 5.73 Å². The van der Waals surface area contributed by atoms with Gasteiger partial charge in [0.1, 0.15) is 5.82 Å². The smallest absolute Gasteiger partial charge is 0.126 e. The predicted molar refractivity (Wildman–Crippen MR) is 48.6 cm³/mol. The molecule has 1 aliphatic carbocycles. The van der Waals surface area contributed by atoms with Crippen LogP contribution in [0.25, 0.3) is 0 Å². The van der Waals surface area contributed by atoms with E-state index < -0.39 is 0 Å². The van der Waals surface area contributed by atoms with Gasteiger partial charge in [-0.3, -0.25) is 0 Å². The van der Waals surface area contributed by atoms with Gasteiger partial charge in [-0.2, -0.15) is 0 Å². The highest BCUT2D eigenvalue weighted by Crippen LogP contribution is 2.23. The number of nitrogens with zero attached hydrogens (tertiary/aromatic N) is 1. The van der Waals surface area contributed by atoms with Crippen LogP contribution in [0, 0.1) is 0 Å².